The van der Waals surface area contributed by atoms with Crippen LogP contribution < -0.4 is 19.6 Å². The third kappa shape index (κ3) is 4.85. The first-order chi connectivity index (χ1) is 15.6. The SMILES string of the molecule is COc1ccc(OCCCOc2c(-c3ccccc3Cl)oc3ccc(Cl)cc3c2=O)cc1. The fraction of sp³-hybridized carbons (Fsp3) is 0.160. The molecule has 5 nitrogen and oxygen atoms in total. The van der Waals surface area contributed by atoms with E-state index in [0.717, 1.165) is 11.5 Å². The van der Waals surface area contributed by atoms with Gasteiger partial charge in [-0.1, -0.05) is 35.3 Å². The van der Waals surface area contributed by atoms with Gasteiger partial charge in [-0.05, 0) is 54.6 Å². The van der Waals surface area contributed by atoms with Crippen molar-refractivity contribution in [1.82, 2.24) is 0 Å². The molecule has 164 valence electrons. The van der Waals surface area contributed by atoms with Gasteiger partial charge >= 0.3 is 0 Å². The Balaban J connectivity index is 1.55. The van der Waals surface area contributed by atoms with Crippen molar-refractivity contribution in [1.29, 1.82) is 0 Å². The van der Waals surface area contributed by atoms with Crippen LogP contribution in [0.5, 0.6) is 17.2 Å². The standard InChI is InChI=1S/C25H20Cl2O5/c1-29-17-8-10-18(11-9-17)30-13-4-14-31-25-23(28)20-15-16(26)7-12-22(20)32-24(25)19-5-2-3-6-21(19)27/h2-3,5-12,15H,4,13-14H2,1H3. The second kappa shape index (κ2) is 9.98. The molecule has 0 aliphatic carbocycles. The van der Waals surface area contributed by atoms with Crippen LogP contribution in [0.1, 0.15) is 6.42 Å². The second-order valence-electron chi connectivity index (χ2n) is 6.94. The minimum absolute atomic E-state index is 0.0947. The largest absolute Gasteiger partial charge is 0.497 e. The molecule has 1 aromatic heterocycles. The number of hydrogen-bond acceptors (Lipinski definition) is 5. The molecule has 0 bridgehead atoms. The van der Waals surface area contributed by atoms with Gasteiger partial charge < -0.3 is 18.6 Å². The molecule has 1 heterocycles. The molecule has 0 amide bonds. The highest BCUT2D eigenvalue weighted by Crippen LogP contribution is 2.35. The van der Waals surface area contributed by atoms with Crippen molar-refractivity contribution in [2.24, 2.45) is 0 Å². The number of ether oxygens (including phenoxy) is 3. The summed E-state index contributed by atoms with van der Waals surface area (Å²) in [6.45, 7) is 0.670. The highest BCUT2D eigenvalue weighted by atomic mass is 35.5. The number of fused-ring (bicyclic) bond motifs is 1. The maximum Gasteiger partial charge on any atom is 0.235 e. The average Bonchev–Trinajstić information content (AvgIpc) is 2.81. The normalized spacial score (nSPS) is 10.8. The lowest BCUT2D eigenvalue weighted by Crippen LogP contribution is -2.13. The van der Waals surface area contributed by atoms with E-state index in [2.05, 4.69) is 0 Å². The van der Waals surface area contributed by atoms with Gasteiger partial charge in [0.1, 0.15) is 17.1 Å². The summed E-state index contributed by atoms with van der Waals surface area (Å²) >= 11 is 12.4. The van der Waals surface area contributed by atoms with E-state index in [1.807, 2.05) is 36.4 Å². The molecule has 0 aliphatic rings. The number of benzene rings is 3. The summed E-state index contributed by atoms with van der Waals surface area (Å²) in [6, 6.07) is 19.3. The van der Waals surface area contributed by atoms with Crippen LogP contribution in [0.3, 0.4) is 0 Å². The van der Waals surface area contributed by atoms with Crippen molar-refractivity contribution < 1.29 is 18.6 Å². The van der Waals surface area contributed by atoms with E-state index < -0.39 is 0 Å². The van der Waals surface area contributed by atoms with Crippen LogP contribution in [0, 0.1) is 0 Å². The van der Waals surface area contributed by atoms with Crippen LogP contribution in [-0.2, 0) is 0 Å². The number of rotatable bonds is 8. The third-order valence-electron chi connectivity index (χ3n) is 4.79. The zero-order valence-electron chi connectivity index (χ0n) is 17.3. The number of hydrogen-bond donors (Lipinski definition) is 0. The summed E-state index contributed by atoms with van der Waals surface area (Å²) in [4.78, 5) is 13.2. The van der Waals surface area contributed by atoms with Gasteiger partial charge in [-0.25, -0.2) is 0 Å². The highest BCUT2D eigenvalue weighted by Gasteiger charge is 2.19. The van der Waals surface area contributed by atoms with E-state index >= 15 is 0 Å². The van der Waals surface area contributed by atoms with Gasteiger partial charge in [-0.15, -0.1) is 0 Å². The molecule has 0 aliphatic heterocycles. The summed E-state index contributed by atoms with van der Waals surface area (Å²) in [5.41, 5.74) is 0.678. The topological polar surface area (TPSA) is 57.9 Å². The Bertz CT molecular complexity index is 1280. The molecular weight excluding hydrogens is 451 g/mol. The third-order valence-corrected chi connectivity index (χ3v) is 5.36. The molecule has 0 saturated carbocycles. The van der Waals surface area contributed by atoms with Gasteiger partial charge in [-0.2, -0.15) is 0 Å². The molecule has 0 atom stereocenters. The summed E-state index contributed by atoms with van der Waals surface area (Å²) in [5.74, 6) is 1.86. The molecule has 0 N–H and O–H groups in total. The second-order valence-corrected chi connectivity index (χ2v) is 7.78. The molecule has 0 spiro atoms. The molecule has 7 heteroatoms. The van der Waals surface area contributed by atoms with Crippen molar-refractivity contribution >= 4 is 34.2 Å². The van der Waals surface area contributed by atoms with E-state index in [1.165, 1.54) is 0 Å². The average molecular weight is 471 g/mol. The summed E-state index contributed by atoms with van der Waals surface area (Å²) in [7, 11) is 1.61. The first-order valence-corrected chi connectivity index (χ1v) is 10.7. The highest BCUT2D eigenvalue weighted by molar-refractivity contribution is 6.33. The van der Waals surface area contributed by atoms with Gasteiger partial charge in [0.2, 0.25) is 11.2 Å². The van der Waals surface area contributed by atoms with E-state index in [1.54, 1.807) is 37.4 Å². The van der Waals surface area contributed by atoms with Crippen LogP contribution in [0.15, 0.2) is 75.9 Å². The summed E-state index contributed by atoms with van der Waals surface area (Å²) < 4.78 is 22.8. The predicted molar refractivity (Wildman–Crippen MR) is 127 cm³/mol. The summed E-state index contributed by atoms with van der Waals surface area (Å²) in [6.07, 6.45) is 0.557. The lowest BCUT2D eigenvalue weighted by Gasteiger charge is -2.13. The summed E-state index contributed by atoms with van der Waals surface area (Å²) in [5, 5.41) is 1.24. The molecule has 4 aromatic rings. The first kappa shape index (κ1) is 22.1. The first-order valence-electron chi connectivity index (χ1n) is 9.98. The molecule has 32 heavy (non-hydrogen) atoms. The Morgan fingerprint density at radius 2 is 1.59 bits per heavy atom. The lowest BCUT2D eigenvalue weighted by molar-refractivity contribution is 0.244. The minimum atomic E-state index is -0.306. The Morgan fingerprint density at radius 1 is 0.875 bits per heavy atom. The quantitative estimate of drug-likeness (QED) is 0.270. The van der Waals surface area contributed by atoms with Gasteiger partial charge in [0.05, 0.1) is 30.7 Å². The van der Waals surface area contributed by atoms with Crippen molar-refractivity contribution in [3.63, 3.8) is 0 Å². The maximum atomic E-state index is 13.2. The van der Waals surface area contributed by atoms with Gasteiger partial charge in [0.25, 0.3) is 0 Å². The fourth-order valence-corrected chi connectivity index (χ4v) is 3.59. The van der Waals surface area contributed by atoms with E-state index in [4.69, 9.17) is 41.8 Å². The van der Waals surface area contributed by atoms with Crippen LogP contribution in [-0.4, -0.2) is 20.3 Å². The molecular formula is C25H20Cl2O5. The van der Waals surface area contributed by atoms with Gasteiger partial charge in [-0.3, -0.25) is 4.79 Å². The Hall–Kier alpha value is -3.15. The minimum Gasteiger partial charge on any atom is -0.497 e. The van der Waals surface area contributed by atoms with E-state index in [9.17, 15) is 4.79 Å². The zero-order chi connectivity index (χ0) is 22.5. The van der Waals surface area contributed by atoms with Crippen LogP contribution in [0.2, 0.25) is 10.0 Å². The van der Waals surface area contributed by atoms with Crippen LogP contribution in [0.25, 0.3) is 22.3 Å². The molecule has 0 fully saturated rings. The smallest absolute Gasteiger partial charge is 0.235 e. The zero-order valence-corrected chi connectivity index (χ0v) is 18.8. The molecule has 0 unspecified atom stereocenters. The van der Waals surface area contributed by atoms with Crippen molar-refractivity contribution in [2.45, 2.75) is 6.42 Å². The monoisotopic (exact) mass is 470 g/mol. The Labute approximate surface area is 195 Å². The van der Waals surface area contributed by atoms with Crippen LogP contribution >= 0.6 is 23.2 Å². The number of halogens is 2. The number of methoxy groups -OCH3 is 1. The molecule has 0 saturated heterocycles. The Morgan fingerprint density at radius 3 is 2.34 bits per heavy atom. The fourth-order valence-electron chi connectivity index (χ4n) is 3.20. The van der Waals surface area contributed by atoms with Gasteiger partial charge in [0, 0.05) is 17.0 Å². The Kier molecular flexibility index (Phi) is 6.88. The van der Waals surface area contributed by atoms with Crippen molar-refractivity contribution in [3.05, 3.63) is 87.0 Å². The maximum absolute atomic E-state index is 13.2. The van der Waals surface area contributed by atoms with Gasteiger partial charge in [0.15, 0.2) is 5.76 Å². The van der Waals surface area contributed by atoms with Crippen molar-refractivity contribution in [2.75, 3.05) is 20.3 Å². The molecule has 3 aromatic carbocycles. The molecule has 4 rings (SSSR count). The lowest BCUT2D eigenvalue weighted by atomic mass is 10.1. The van der Waals surface area contributed by atoms with E-state index in [-0.39, 0.29) is 23.5 Å². The predicted octanol–water partition coefficient (Wildman–Crippen LogP) is 6.62. The van der Waals surface area contributed by atoms with Crippen LogP contribution in [0.4, 0.5) is 0 Å². The van der Waals surface area contributed by atoms with E-state index in [0.29, 0.717) is 39.6 Å². The molecule has 0 radical (unpaired) electrons. The van der Waals surface area contributed by atoms with Crippen molar-refractivity contribution in [3.8, 4) is 28.6 Å².